The third-order valence-electron chi connectivity index (χ3n) is 3.60. The van der Waals surface area contributed by atoms with Crippen LogP contribution >= 0.6 is 22.9 Å². The number of carbonyl (C=O) groups excluding carboxylic acids is 1. The van der Waals surface area contributed by atoms with E-state index in [0.717, 1.165) is 16.8 Å². The lowest BCUT2D eigenvalue weighted by Gasteiger charge is -2.21. The van der Waals surface area contributed by atoms with Gasteiger partial charge in [-0.05, 0) is 32.3 Å². The van der Waals surface area contributed by atoms with Crippen LogP contribution in [0.2, 0.25) is 5.02 Å². The molecule has 24 heavy (non-hydrogen) atoms. The van der Waals surface area contributed by atoms with Crippen molar-refractivity contribution in [3.05, 3.63) is 41.4 Å². The standard InChI is InChI=1S/C16H18ClN5OS/c1-20(2)8-9-22(15(23)14-18-6-7-21(14)3)16-19-12-5-4-11(17)10-13(12)24-16/h4-7,10H,8-9H2,1-3H3. The molecule has 0 unspecified atom stereocenters. The fraction of sp³-hybridized carbons (Fsp3) is 0.312. The molecule has 0 atom stereocenters. The molecule has 2 aromatic heterocycles. The number of fused-ring (bicyclic) bond motifs is 1. The van der Waals surface area contributed by atoms with Crippen LogP contribution < -0.4 is 4.90 Å². The summed E-state index contributed by atoms with van der Waals surface area (Å²) in [7, 11) is 5.76. The summed E-state index contributed by atoms with van der Waals surface area (Å²) >= 11 is 7.51. The van der Waals surface area contributed by atoms with Crippen molar-refractivity contribution >= 4 is 44.2 Å². The van der Waals surface area contributed by atoms with Gasteiger partial charge in [-0.1, -0.05) is 22.9 Å². The Morgan fingerprint density at radius 1 is 1.33 bits per heavy atom. The van der Waals surface area contributed by atoms with Gasteiger partial charge in [-0.15, -0.1) is 0 Å². The number of anilines is 1. The number of rotatable bonds is 5. The first-order valence-corrected chi connectivity index (χ1v) is 8.65. The molecule has 0 saturated carbocycles. The van der Waals surface area contributed by atoms with Gasteiger partial charge in [0.25, 0.3) is 5.91 Å². The lowest BCUT2D eigenvalue weighted by molar-refractivity contribution is 0.0972. The SMILES string of the molecule is CN(C)CCN(C(=O)c1nccn1C)c1nc2ccc(Cl)cc2s1. The Labute approximate surface area is 149 Å². The van der Waals surface area contributed by atoms with Crippen molar-refractivity contribution in [2.24, 2.45) is 7.05 Å². The molecule has 3 rings (SSSR count). The van der Waals surface area contributed by atoms with Gasteiger partial charge in [0.2, 0.25) is 0 Å². The van der Waals surface area contributed by atoms with Crippen molar-refractivity contribution in [2.45, 2.75) is 0 Å². The quantitative estimate of drug-likeness (QED) is 0.699. The molecule has 2 heterocycles. The predicted molar refractivity (Wildman–Crippen MR) is 98.1 cm³/mol. The number of likely N-dealkylation sites (N-methyl/N-ethyl adjacent to an activating group) is 1. The minimum absolute atomic E-state index is 0.158. The van der Waals surface area contributed by atoms with Crippen molar-refractivity contribution in [1.29, 1.82) is 0 Å². The molecule has 0 aliphatic rings. The zero-order valence-electron chi connectivity index (χ0n) is 13.7. The van der Waals surface area contributed by atoms with E-state index in [1.165, 1.54) is 11.3 Å². The molecule has 8 heteroatoms. The Hall–Kier alpha value is -1.96. The summed E-state index contributed by atoms with van der Waals surface area (Å²) in [5.41, 5.74) is 0.835. The van der Waals surface area contributed by atoms with Crippen LogP contribution in [-0.4, -0.2) is 52.5 Å². The first-order chi connectivity index (χ1) is 11.5. The Kier molecular flexibility index (Phi) is 4.84. The van der Waals surface area contributed by atoms with Gasteiger partial charge in [-0.3, -0.25) is 9.69 Å². The fourth-order valence-electron chi connectivity index (χ4n) is 2.28. The maximum absolute atomic E-state index is 12.9. The summed E-state index contributed by atoms with van der Waals surface area (Å²) in [5, 5.41) is 1.31. The Morgan fingerprint density at radius 3 is 2.79 bits per heavy atom. The van der Waals surface area contributed by atoms with Gasteiger partial charge in [0.05, 0.1) is 10.2 Å². The Balaban J connectivity index is 1.99. The van der Waals surface area contributed by atoms with Gasteiger partial charge in [0.1, 0.15) is 0 Å². The maximum Gasteiger partial charge on any atom is 0.296 e. The molecule has 126 valence electrons. The third-order valence-corrected chi connectivity index (χ3v) is 4.87. The smallest absolute Gasteiger partial charge is 0.296 e. The Bertz CT molecular complexity index is 872. The number of hydrogen-bond donors (Lipinski definition) is 0. The predicted octanol–water partition coefficient (Wildman–Crippen LogP) is 2.89. The summed E-state index contributed by atoms with van der Waals surface area (Å²) in [6.45, 7) is 1.26. The second-order valence-electron chi connectivity index (χ2n) is 5.73. The van der Waals surface area contributed by atoms with Crippen LogP contribution in [0.1, 0.15) is 10.6 Å². The number of carbonyl (C=O) groups is 1. The van der Waals surface area contributed by atoms with E-state index >= 15 is 0 Å². The lowest BCUT2D eigenvalue weighted by atomic mass is 10.3. The minimum atomic E-state index is -0.158. The summed E-state index contributed by atoms with van der Waals surface area (Å²) in [6, 6.07) is 5.54. The first kappa shape index (κ1) is 16.9. The topological polar surface area (TPSA) is 54.3 Å². The average molecular weight is 364 g/mol. The van der Waals surface area contributed by atoms with Gasteiger partial charge < -0.3 is 9.47 Å². The van der Waals surface area contributed by atoms with Gasteiger partial charge in [0, 0.05) is 37.6 Å². The molecule has 1 amide bonds. The van der Waals surface area contributed by atoms with Crippen LogP contribution in [0.4, 0.5) is 5.13 Å². The summed E-state index contributed by atoms with van der Waals surface area (Å²) in [6.07, 6.45) is 3.38. The molecular weight excluding hydrogens is 346 g/mol. The molecule has 1 aromatic carbocycles. The van der Waals surface area contributed by atoms with E-state index in [1.54, 1.807) is 27.9 Å². The first-order valence-electron chi connectivity index (χ1n) is 7.45. The van der Waals surface area contributed by atoms with E-state index in [2.05, 4.69) is 9.97 Å². The van der Waals surface area contributed by atoms with Crippen LogP contribution in [0, 0.1) is 0 Å². The molecule has 3 aromatic rings. The van der Waals surface area contributed by atoms with Crippen LogP contribution in [0.3, 0.4) is 0 Å². The number of aromatic nitrogens is 3. The van der Waals surface area contributed by atoms with Crippen LogP contribution in [0.5, 0.6) is 0 Å². The number of hydrogen-bond acceptors (Lipinski definition) is 5. The molecule has 0 aliphatic heterocycles. The van der Waals surface area contributed by atoms with E-state index < -0.39 is 0 Å². The molecule has 0 N–H and O–H groups in total. The normalized spacial score (nSPS) is 11.4. The summed E-state index contributed by atoms with van der Waals surface area (Å²) in [4.78, 5) is 25.4. The molecule has 0 radical (unpaired) electrons. The number of amides is 1. The lowest BCUT2D eigenvalue weighted by Crippen LogP contribution is -2.38. The van der Waals surface area contributed by atoms with Gasteiger partial charge >= 0.3 is 0 Å². The number of aryl methyl sites for hydroxylation is 1. The van der Waals surface area contributed by atoms with Crippen molar-refractivity contribution in [1.82, 2.24) is 19.4 Å². The van der Waals surface area contributed by atoms with E-state index in [0.29, 0.717) is 22.5 Å². The van der Waals surface area contributed by atoms with Crippen LogP contribution in [0.15, 0.2) is 30.6 Å². The monoisotopic (exact) mass is 363 g/mol. The molecule has 0 bridgehead atoms. The van der Waals surface area contributed by atoms with Crippen molar-refractivity contribution in [3.8, 4) is 0 Å². The highest BCUT2D eigenvalue weighted by Crippen LogP contribution is 2.31. The largest absolute Gasteiger partial charge is 0.330 e. The number of imidazole rings is 1. The van der Waals surface area contributed by atoms with Crippen LogP contribution in [-0.2, 0) is 7.05 Å². The number of benzene rings is 1. The molecular formula is C16H18ClN5OS. The average Bonchev–Trinajstić information content (AvgIpc) is 3.12. The van der Waals surface area contributed by atoms with Crippen molar-refractivity contribution < 1.29 is 4.79 Å². The molecule has 0 fully saturated rings. The third kappa shape index (κ3) is 3.43. The van der Waals surface area contributed by atoms with E-state index in [9.17, 15) is 4.79 Å². The van der Waals surface area contributed by atoms with E-state index in [-0.39, 0.29) is 5.91 Å². The van der Waals surface area contributed by atoms with Crippen molar-refractivity contribution in [2.75, 3.05) is 32.1 Å². The fourth-order valence-corrected chi connectivity index (χ4v) is 3.54. The Morgan fingerprint density at radius 2 is 2.12 bits per heavy atom. The van der Waals surface area contributed by atoms with E-state index in [4.69, 9.17) is 11.6 Å². The highest BCUT2D eigenvalue weighted by Gasteiger charge is 2.24. The summed E-state index contributed by atoms with van der Waals surface area (Å²) < 4.78 is 2.68. The highest BCUT2D eigenvalue weighted by atomic mass is 35.5. The van der Waals surface area contributed by atoms with Gasteiger partial charge in [-0.25, -0.2) is 9.97 Å². The minimum Gasteiger partial charge on any atom is -0.330 e. The summed E-state index contributed by atoms with van der Waals surface area (Å²) in [5.74, 6) is 0.237. The molecule has 0 saturated heterocycles. The van der Waals surface area contributed by atoms with Crippen molar-refractivity contribution in [3.63, 3.8) is 0 Å². The van der Waals surface area contributed by atoms with Crippen LogP contribution in [0.25, 0.3) is 10.2 Å². The highest BCUT2D eigenvalue weighted by molar-refractivity contribution is 7.22. The molecule has 0 spiro atoms. The zero-order chi connectivity index (χ0) is 17.3. The second kappa shape index (κ2) is 6.88. The second-order valence-corrected chi connectivity index (χ2v) is 7.18. The van der Waals surface area contributed by atoms with Gasteiger partial charge in [0.15, 0.2) is 11.0 Å². The van der Waals surface area contributed by atoms with Gasteiger partial charge in [-0.2, -0.15) is 0 Å². The number of nitrogens with zero attached hydrogens (tertiary/aromatic N) is 5. The van der Waals surface area contributed by atoms with E-state index in [1.807, 2.05) is 38.2 Å². The number of thiazole rings is 1. The number of halogens is 1. The molecule has 6 nitrogen and oxygen atoms in total. The zero-order valence-corrected chi connectivity index (χ0v) is 15.3. The maximum atomic E-state index is 12.9. The molecule has 0 aliphatic carbocycles.